The SMILES string of the molecule is CCCCCOc1ccc(NC(=S)NC(=O)CCN2CCCCC2)cc1. The zero-order valence-corrected chi connectivity index (χ0v) is 16.6. The Morgan fingerprint density at radius 2 is 1.88 bits per heavy atom. The van der Waals surface area contributed by atoms with E-state index in [1.807, 2.05) is 24.3 Å². The van der Waals surface area contributed by atoms with Crippen LogP contribution >= 0.6 is 12.2 Å². The van der Waals surface area contributed by atoms with Gasteiger partial charge in [0.2, 0.25) is 5.91 Å². The number of nitrogens with zero attached hydrogens (tertiary/aromatic N) is 1. The summed E-state index contributed by atoms with van der Waals surface area (Å²) in [7, 11) is 0. The van der Waals surface area contributed by atoms with Gasteiger partial charge in [0.1, 0.15) is 5.75 Å². The van der Waals surface area contributed by atoms with E-state index >= 15 is 0 Å². The molecule has 2 rings (SSSR count). The molecule has 1 aromatic rings. The van der Waals surface area contributed by atoms with Crippen LogP contribution < -0.4 is 15.4 Å². The molecule has 1 saturated heterocycles. The number of anilines is 1. The summed E-state index contributed by atoms with van der Waals surface area (Å²) >= 11 is 5.23. The third kappa shape index (κ3) is 8.15. The summed E-state index contributed by atoms with van der Waals surface area (Å²) in [6.07, 6.45) is 7.70. The summed E-state index contributed by atoms with van der Waals surface area (Å²) in [5.74, 6) is 0.812. The van der Waals surface area contributed by atoms with E-state index in [4.69, 9.17) is 17.0 Å². The molecule has 144 valence electrons. The fourth-order valence-corrected chi connectivity index (χ4v) is 3.20. The summed E-state index contributed by atoms with van der Waals surface area (Å²) in [5.41, 5.74) is 0.840. The van der Waals surface area contributed by atoms with Gasteiger partial charge in [-0.1, -0.05) is 26.2 Å². The van der Waals surface area contributed by atoms with E-state index < -0.39 is 0 Å². The van der Waals surface area contributed by atoms with Gasteiger partial charge in [-0.15, -0.1) is 0 Å². The molecule has 6 heteroatoms. The Kier molecular flexibility index (Phi) is 9.42. The molecule has 0 saturated carbocycles. The molecule has 5 nitrogen and oxygen atoms in total. The maximum atomic E-state index is 12.0. The fraction of sp³-hybridized carbons (Fsp3) is 0.600. The van der Waals surface area contributed by atoms with Crippen molar-refractivity contribution in [2.75, 3.05) is 31.6 Å². The van der Waals surface area contributed by atoms with Crippen molar-refractivity contribution < 1.29 is 9.53 Å². The lowest BCUT2D eigenvalue weighted by Crippen LogP contribution is -2.37. The number of hydrogen-bond donors (Lipinski definition) is 2. The summed E-state index contributed by atoms with van der Waals surface area (Å²) in [6, 6.07) is 7.63. The minimum absolute atomic E-state index is 0.0380. The lowest BCUT2D eigenvalue weighted by atomic mass is 10.1. The van der Waals surface area contributed by atoms with Crippen LogP contribution in [0.2, 0.25) is 0 Å². The highest BCUT2D eigenvalue weighted by atomic mass is 32.1. The van der Waals surface area contributed by atoms with Crippen LogP contribution in [0.4, 0.5) is 5.69 Å². The van der Waals surface area contributed by atoms with Gasteiger partial charge in [-0.2, -0.15) is 0 Å². The number of likely N-dealkylation sites (tertiary alicyclic amines) is 1. The Bertz CT molecular complexity index is 557. The molecular formula is C20H31N3O2S. The first-order valence-corrected chi connectivity index (χ1v) is 10.1. The third-order valence-corrected chi connectivity index (χ3v) is 4.69. The Morgan fingerprint density at radius 1 is 1.15 bits per heavy atom. The number of ether oxygens (including phenoxy) is 1. The number of unbranched alkanes of at least 4 members (excludes halogenated alkanes) is 2. The molecular weight excluding hydrogens is 346 g/mol. The molecule has 26 heavy (non-hydrogen) atoms. The molecule has 0 spiro atoms. The smallest absolute Gasteiger partial charge is 0.227 e. The van der Waals surface area contributed by atoms with Crippen LogP contribution in [0.25, 0.3) is 0 Å². The predicted octanol–water partition coefficient (Wildman–Crippen LogP) is 3.94. The fourth-order valence-electron chi connectivity index (χ4n) is 2.97. The molecule has 0 bridgehead atoms. The van der Waals surface area contributed by atoms with Crippen LogP contribution in [0.5, 0.6) is 5.75 Å². The molecule has 0 radical (unpaired) electrons. The first kappa shape index (κ1) is 20.6. The zero-order chi connectivity index (χ0) is 18.6. The van der Waals surface area contributed by atoms with E-state index in [9.17, 15) is 4.79 Å². The van der Waals surface area contributed by atoms with Crippen LogP contribution in [0.3, 0.4) is 0 Å². The highest BCUT2D eigenvalue weighted by molar-refractivity contribution is 7.80. The summed E-state index contributed by atoms with van der Waals surface area (Å²) in [6.45, 7) is 5.92. The number of hydrogen-bond acceptors (Lipinski definition) is 4. The number of carbonyl (C=O) groups is 1. The van der Waals surface area contributed by atoms with E-state index in [-0.39, 0.29) is 5.91 Å². The van der Waals surface area contributed by atoms with Gasteiger partial charge in [0, 0.05) is 18.7 Å². The number of thiocarbonyl (C=S) groups is 1. The minimum atomic E-state index is -0.0380. The second-order valence-electron chi connectivity index (χ2n) is 6.73. The molecule has 0 aliphatic carbocycles. The lowest BCUT2D eigenvalue weighted by Gasteiger charge is -2.25. The monoisotopic (exact) mass is 377 g/mol. The quantitative estimate of drug-likeness (QED) is 0.504. The molecule has 1 aromatic carbocycles. The second kappa shape index (κ2) is 11.9. The molecule has 1 fully saturated rings. The van der Waals surface area contributed by atoms with Crippen LogP contribution in [0, 0.1) is 0 Å². The van der Waals surface area contributed by atoms with Crippen molar-refractivity contribution in [3.63, 3.8) is 0 Å². The van der Waals surface area contributed by atoms with Crippen molar-refractivity contribution in [1.82, 2.24) is 10.2 Å². The van der Waals surface area contributed by atoms with Gasteiger partial charge in [0.05, 0.1) is 6.61 Å². The number of amides is 1. The Morgan fingerprint density at radius 3 is 2.58 bits per heavy atom. The van der Waals surface area contributed by atoms with Crippen LogP contribution in [-0.2, 0) is 4.79 Å². The number of rotatable bonds is 9. The van der Waals surface area contributed by atoms with Gasteiger partial charge < -0.3 is 20.3 Å². The van der Waals surface area contributed by atoms with Gasteiger partial charge >= 0.3 is 0 Å². The van der Waals surface area contributed by atoms with Gasteiger partial charge in [0.15, 0.2) is 5.11 Å². The Balaban J connectivity index is 1.65. The summed E-state index contributed by atoms with van der Waals surface area (Å²) in [4.78, 5) is 14.4. The van der Waals surface area contributed by atoms with E-state index in [0.29, 0.717) is 11.5 Å². The molecule has 1 amide bonds. The molecule has 0 unspecified atom stereocenters. The predicted molar refractivity (Wildman–Crippen MR) is 111 cm³/mol. The highest BCUT2D eigenvalue weighted by Crippen LogP contribution is 2.16. The van der Waals surface area contributed by atoms with Crippen molar-refractivity contribution in [3.8, 4) is 5.75 Å². The minimum Gasteiger partial charge on any atom is -0.494 e. The number of carbonyl (C=O) groups excluding carboxylic acids is 1. The topological polar surface area (TPSA) is 53.6 Å². The molecule has 0 aromatic heterocycles. The first-order chi connectivity index (χ1) is 12.7. The van der Waals surface area contributed by atoms with Crippen molar-refractivity contribution in [2.45, 2.75) is 51.9 Å². The van der Waals surface area contributed by atoms with Crippen molar-refractivity contribution in [1.29, 1.82) is 0 Å². The second-order valence-corrected chi connectivity index (χ2v) is 7.14. The first-order valence-electron chi connectivity index (χ1n) is 9.73. The summed E-state index contributed by atoms with van der Waals surface area (Å²) < 4.78 is 5.69. The van der Waals surface area contributed by atoms with Crippen molar-refractivity contribution in [2.24, 2.45) is 0 Å². The number of nitrogens with one attached hydrogen (secondary N) is 2. The molecule has 1 aliphatic rings. The molecule has 1 aliphatic heterocycles. The van der Waals surface area contributed by atoms with Gasteiger partial charge in [0.25, 0.3) is 0 Å². The van der Waals surface area contributed by atoms with E-state index in [2.05, 4.69) is 22.5 Å². The largest absolute Gasteiger partial charge is 0.494 e. The Hall–Kier alpha value is -1.66. The third-order valence-electron chi connectivity index (χ3n) is 4.49. The van der Waals surface area contributed by atoms with Crippen molar-refractivity contribution >= 4 is 28.9 Å². The molecule has 0 atom stereocenters. The average molecular weight is 378 g/mol. The highest BCUT2D eigenvalue weighted by Gasteiger charge is 2.12. The van der Waals surface area contributed by atoms with Crippen LogP contribution in [0.15, 0.2) is 24.3 Å². The van der Waals surface area contributed by atoms with Crippen LogP contribution in [-0.4, -0.2) is 42.2 Å². The van der Waals surface area contributed by atoms with Gasteiger partial charge in [-0.05, 0) is 68.8 Å². The van der Waals surface area contributed by atoms with Gasteiger partial charge in [-0.3, -0.25) is 4.79 Å². The average Bonchev–Trinajstić information content (AvgIpc) is 2.66. The molecule has 2 N–H and O–H groups in total. The van der Waals surface area contributed by atoms with E-state index in [0.717, 1.165) is 44.1 Å². The maximum absolute atomic E-state index is 12.0. The van der Waals surface area contributed by atoms with E-state index in [1.54, 1.807) is 0 Å². The van der Waals surface area contributed by atoms with Crippen LogP contribution in [0.1, 0.15) is 51.9 Å². The number of piperidine rings is 1. The van der Waals surface area contributed by atoms with Gasteiger partial charge in [-0.25, -0.2) is 0 Å². The van der Waals surface area contributed by atoms with Crippen molar-refractivity contribution in [3.05, 3.63) is 24.3 Å². The van der Waals surface area contributed by atoms with E-state index in [1.165, 1.54) is 32.1 Å². The zero-order valence-electron chi connectivity index (χ0n) is 15.8. The lowest BCUT2D eigenvalue weighted by molar-refractivity contribution is -0.120. The Labute approximate surface area is 162 Å². The molecule has 1 heterocycles. The number of benzene rings is 1. The summed E-state index contributed by atoms with van der Waals surface area (Å²) in [5, 5.41) is 6.14. The normalized spacial score (nSPS) is 14.7. The maximum Gasteiger partial charge on any atom is 0.227 e. The standard InChI is InChI=1S/C20H31N3O2S/c1-2-3-7-16-25-18-10-8-17(9-11-18)21-20(26)22-19(24)12-15-23-13-5-4-6-14-23/h8-11H,2-7,12-16H2,1H3,(H2,21,22,24,26).